The number of rotatable bonds is 6. The SMILES string of the molecule is C=CCn1c(COc2ccccc2OC)nc2ccccc2c1=O. The summed E-state index contributed by atoms with van der Waals surface area (Å²) in [5.74, 6) is 1.79. The molecule has 5 heteroatoms. The first-order valence-electron chi connectivity index (χ1n) is 7.59. The van der Waals surface area contributed by atoms with Gasteiger partial charge in [-0.1, -0.05) is 30.3 Å². The van der Waals surface area contributed by atoms with E-state index in [1.165, 1.54) is 0 Å². The summed E-state index contributed by atoms with van der Waals surface area (Å²) in [6.07, 6.45) is 1.67. The normalized spacial score (nSPS) is 10.5. The molecule has 0 N–H and O–H groups in total. The average molecular weight is 322 g/mol. The molecule has 3 aromatic rings. The van der Waals surface area contributed by atoms with Crippen LogP contribution in [0.1, 0.15) is 5.82 Å². The van der Waals surface area contributed by atoms with Crippen LogP contribution >= 0.6 is 0 Å². The van der Waals surface area contributed by atoms with Crippen molar-refractivity contribution in [1.82, 2.24) is 9.55 Å². The Morgan fingerprint density at radius 2 is 1.83 bits per heavy atom. The number of allylic oxidation sites excluding steroid dienone is 1. The van der Waals surface area contributed by atoms with E-state index in [9.17, 15) is 4.79 Å². The third kappa shape index (κ3) is 3.01. The van der Waals surface area contributed by atoms with Gasteiger partial charge in [-0.15, -0.1) is 6.58 Å². The highest BCUT2D eigenvalue weighted by molar-refractivity contribution is 5.77. The molecule has 0 aliphatic heterocycles. The van der Waals surface area contributed by atoms with Gasteiger partial charge < -0.3 is 9.47 Å². The largest absolute Gasteiger partial charge is 0.493 e. The summed E-state index contributed by atoms with van der Waals surface area (Å²) >= 11 is 0. The van der Waals surface area contributed by atoms with Crippen molar-refractivity contribution in [2.45, 2.75) is 13.2 Å². The van der Waals surface area contributed by atoms with Gasteiger partial charge in [0.15, 0.2) is 17.3 Å². The molecule has 5 nitrogen and oxygen atoms in total. The second-order valence-corrected chi connectivity index (χ2v) is 5.19. The van der Waals surface area contributed by atoms with Crippen molar-refractivity contribution in [2.24, 2.45) is 0 Å². The third-order valence-electron chi connectivity index (χ3n) is 3.68. The van der Waals surface area contributed by atoms with Gasteiger partial charge in [0.2, 0.25) is 0 Å². The molecule has 122 valence electrons. The lowest BCUT2D eigenvalue weighted by Crippen LogP contribution is -2.26. The molecule has 1 heterocycles. The molecule has 0 bridgehead atoms. The molecule has 0 saturated carbocycles. The highest BCUT2D eigenvalue weighted by atomic mass is 16.5. The smallest absolute Gasteiger partial charge is 0.261 e. The number of methoxy groups -OCH3 is 1. The third-order valence-corrected chi connectivity index (χ3v) is 3.68. The number of hydrogen-bond donors (Lipinski definition) is 0. The quantitative estimate of drug-likeness (QED) is 0.654. The summed E-state index contributed by atoms with van der Waals surface area (Å²) < 4.78 is 12.7. The first-order valence-corrected chi connectivity index (χ1v) is 7.59. The van der Waals surface area contributed by atoms with Crippen LogP contribution < -0.4 is 15.0 Å². The van der Waals surface area contributed by atoms with Gasteiger partial charge in [-0.2, -0.15) is 0 Å². The Labute approximate surface area is 139 Å². The predicted octanol–water partition coefficient (Wildman–Crippen LogP) is 3.17. The molecular formula is C19H18N2O3. The van der Waals surface area contributed by atoms with Crippen molar-refractivity contribution < 1.29 is 9.47 Å². The van der Waals surface area contributed by atoms with Crippen LogP contribution in [0.15, 0.2) is 66.0 Å². The number of ether oxygens (including phenoxy) is 2. The van der Waals surface area contributed by atoms with Crippen molar-refractivity contribution in [3.63, 3.8) is 0 Å². The van der Waals surface area contributed by atoms with Crippen LogP contribution in [0, 0.1) is 0 Å². The van der Waals surface area contributed by atoms with Crippen molar-refractivity contribution in [3.05, 3.63) is 77.4 Å². The minimum atomic E-state index is -0.0980. The first kappa shape index (κ1) is 15.8. The number of nitrogens with zero attached hydrogens (tertiary/aromatic N) is 2. The summed E-state index contributed by atoms with van der Waals surface area (Å²) in [6, 6.07) is 14.6. The van der Waals surface area contributed by atoms with E-state index < -0.39 is 0 Å². The fourth-order valence-electron chi connectivity index (χ4n) is 2.52. The number of para-hydroxylation sites is 3. The van der Waals surface area contributed by atoms with Crippen molar-refractivity contribution >= 4 is 10.9 Å². The Hall–Kier alpha value is -3.08. The molecule has 0 aliphatic rings. The highest BCUT2D eigenvalue weighted by Gasteiger charge is 2.11. The monoisotopic (exact) mass is 322 g/mol. The molecule has 0 spiro atoms. The van der Waals surface area contributed by atoms with Gasteiger partial charge >= 0.3 is 0 Å². The van der Waals surface area contributed by atoms with Crippen LogP contribution in [0.3, 0.4) is 0 Å². The Morgan fingerprint density at radius 1 is 1.12 bits per heavy atom. The average Bonchev–Trinajstić information content (AvgIpc) is 2.63. The van der Waals surface area contributed by atoms with E-state index in [0.29, 0.717) is 34.8 Å². The summed E-state index contributed by atoms with van der Waals surface area (Å²) in [5.41, 5.74) is 0.556. The van der Waals surface area contributed by atoms with Gasteiger partial charge in [0.25, 0.3) is 5.56 Å². The van der Waals surface area contributed by atoms with Gasteiger partial charge in [-0.3, -0.25) is 9.36 Å². The van der Waals surface area contributed by atoms with Crippen LogP contribution in [-0.2, 0) is 13.2 Å². The number of hydrogen-bond acceptors (Lipinski definition) is 4. The van der Waals surface area contributed by atoms with Crippen molar-refractivity contribution in [1.29, 1.82) is 0 Å². The van der Waals surface area contributed by atoms with Gasteiger partial charge in [-0.25, -0.2) is 4.98 Å². The lowest BCUT2D eigenvalue weighted by molar-refractivity contribution is 0.270. The minimum Gasteiger partial charge on any atom is -0.493 e. The molecule has 0 atom stereocenters. The molecule has 0 fully saturated rings. The lowest BCUT2D eigenvalue weighted by Gasteiger charge is -2.14. The molecule has 0 saturated heterocycles. The Balaban J connectivity index is 2.00. The molecule has 0 amide bonds. The maximum Gasteiger partial charge on any atom is 0.261 e. The van der Waals surface area contributed by atoms with Gasteiger partial charge in [0.05, 0.1) is 18.0 Å². The van der Waals surface area contributed by atoms with Gasteiger partial charge in [-0.05, 0) is 24.3 Å². The van der Waals surface area contributed by atoms with E-state index in [1.54, 1.807) is 23.8 Å². The van der Waals surface area contributed by atoms with E-state index in [0.717, 1.165) is 0 Å². The van der Waals surface area contributed by atoms with E-state index >= 15 is 0 Å². The fourth-order valence-corrected chi connectivity index (χ4v) is 2.52. The second-order valence-electron chi connectivity index (χ2n) is 5.19. The van der Waals surface area contributed by atoms with Crippen LogP contribution in [0.4, 0.5) is 0 Å². The summed E-state index contributed by atoms with van der Waals surface area (Å²) in [5, 5.41) is 0.584. The van der Waals surface area contributed by atoms with E-state index in [2.05, 4.69) is 11.6 Å². The summed E-state index contributed by atoms with van der Waals surface area (Å²) in [7, 11) is 1.59. The molecule has 0 unspecified atom stereocenters. The summed E-state index contributed by atoms with van der Waals surface area (Å²) in [4.78, 5) is 17.2. The van der Waals surface area contributed by atoms with E-state index in [1.807, 2.05) is 42.5 Å². The van der Waals surface area contributed by atoms with Gasteiger partial charge in [0, 0.05) is 6.54 Å². The molecule has 0 radical (unpaired) electrons. The standard InChI is InChI=1S/C19H18N2O3/c1-3-12-21-18(13-24-17-11-7-6-10-16(17)23-2)20-15-9-5-4-8-14(15)19(21)22/h3-11H,1,12-13H2,2H3. The number of benzene rings is 2. The zero-order valence-corrected chi connectivity index (χ0v) is 13.4. The van der Waals surface area contributed by atoms with E-state index in [4.69, 9.17) is 9.47 Å². The second kappa shape index (κ2) is 7.00. The maximum absolute atomic E-state index is 12.7. The van der Waals surface area contributed by atoms with E-state index in [-0.39, 0.29) is 12.2 Å². The van der Waals surface area contributed by atoms with Crippen LogP contribution in [-0.4, -0.2) is 16.7 Å². The van der Waals surface area contributed by atoms with Crippen LogP contribution in [0.5, 0.6) is 11.5 Å². The molecule has 3 rings (SSSR count). The minimum absolute atomic E-state index is 0.0980. The molecule has 24 heavy (non-hydrogen) atoms. The van der Waals surface area contributed by atoms with Crippen LogP contribution in [0.25, 0.3) is 10.9 Å². The van der Waals surface area contributed by atoms with Crippen LogP contribution in [0.2, 0.25) is 0 Å². The molecule has 0 aliphatic carbocycles. The number of fused-ring (bicyclic) bond motifs is 1. The van der Waals surface area contributed by atoms with Crippen molar-refractivity contribution in [3.8, 4) is 11.5 Å². The van der Waals surface area contributed by atoms with Gasteiger partial charge in [0.1, 0.15) is 6.61 Å². The molecule has 1 aromatic heterocycles. The zero-order chi connectivity index (χ0) is 16.9. The first-order chi connectivity index (χ1) is 11.7. The highest BCUT2D eigenvalue weighted by Crippen LogP contribution is 2.26. The van der Waals surface area contributed by atoms with Crippen molar-refractivity contribution in [2.75, 3.05) is 7.11 Å². The summed E-state index contributed by atoms with van der Waals surface area (Å²) in [6.45, 7) is 4.25. The zero-order valence-electron chi connectivity index (χ0n) is 13.4. The molecular weight excluding hydrogens is 304 g/mol. The number of aromatic nitrogens is 2. The lowest BCUT2D eigenvalue weighted by atomic mass is 10.2. The molecule has 2 aromatic carbocycles. The Bertz CT molecular complexity index is 931. The topological polar surface area (TPSA) is 53.4 Å². The fraction of sp³-hybridized carbons (Fsp3) is 0.158. The maximum atomic E-state index is 12.7. The predicted molar refractivity (Wildman–Crippen MR) is 93.5 cm³/mol. The Morgan fingerprint density at radius 3 is 2.58 bits per heavy atom. The Kier molecular flexibility index (Phi) is 4.61.